The third-order valence-electron chi connectivity index (χ3n) is 3.31. The molecule has 2 rings (SSSR count). The van der Waals surface area contributed by atoms with Crippen LogP contribution in [0, 0.1) is 10.1 Å². The second kappa shape index (κ2) is 6.86. The number of nitro benzene ring substituents is 1. The molecule has 0 fully saturated rings. The molecular formula is C15H16N2O5S. The van der Waals surface area contributed by atoms with Crippen molar-refractivity contribution >= 4 is 15.7 Å². The van der Waals surface area contributed by atoms with Gasteiger partial charge in [0.15, 0.2) is 0 Å². The molecule has 2 N–H and O–H groups in total. The van der Waals surface area contributed by atoms with E-state index in [2.05, 4.69) is 4.72 Å². The first kappa shape index (κ1) is 17.1. The normalized spacial score (nSPS) is 14.2. The van der Waals surface area contributed by atoms with Gasteiger partial charge in [0.1, 0.15) is 0 Å². The van der Waals surface area contributed by atoms with E-state index in [0.717, 1.165) is 24.3 Å². The zero-order chi connectivity index (χ0) is 17.0. The zero-order valence-electron chi connectivity index (χ0n) is 12.3. The van der Waals surface area contributed by atoms with Crippen LogP contribution in [0.1, 0.15) is 18.6 Å². The van der Waals surface area contributed by atoms with E-state index in [-0.39, 0.29) is 10.6 Å². The number of aliphatic hydroxyl groups is 1. The van der Waals surface area contributed by atoms with E-state index >= 15 is 0 Å². The standard InChI is InChI=1S/C15H16N2O5S/c1-11(15(18)12-5-3-2-4-6-12)16-23(21,22)14-9-7-13(8-10-14)17(19)20/h2-11,15-16,18H,1H3/t11-,15-/m0/s1. The van der Waals surface area contributed by atoms with Crippen LogP contribution in [0.15, 0.2) is 59.5 Å². The SMILES string of the molecule is C[C@H](NS(=O)(=O)c1ccc([N+](=O)[O-])cc1)[C@H](O)c1ccccc1. The number of nitrogens with zero attached hydrogens (tertiary/aromatic N) is 1. The van der Waals surface area contributed by atoms with Crippen LogP contribution in [0.25, 0.3) is 0 Å². The van der Waals surface area contributed by atoms with Crippen LogP contribution >= 0.6 is 0 Å². The molecule has 0 aliphatic rings. The van der Waals surface area contributed by atoms with E-state index in [4.69, 9.17) is 0 Å². The van der Waals surface area contributed by atoms with Gasteiger partial charge in [-0.2, -0.15) is 0 Å². The number of hydrogen-bond donors (Lipinski definition) is 2. The molecular weight excluding hydrogens is 320 g/mol. The topological polar surface area (TPSA) is 110 Å². The first-order valence-corrected chi connectivity index (χ1v) is 8.29. The molecule has 0 aliphatic heterocycles. The number of nitro groups is 1. The molecule has 0 radical (unpaired) electrons. The summed E-state index contributed by atoms with van der Waals surface area (Å²) in [5, 5.41) is 20.8. The molecule has 2 aromatic rings. The number of nitrogens with one attached hydrogen (secondary N) is 1. The number of benzene rings is 2. The Morgan fingerprint density at radius 2 is 1.65 bits per heavy atom. The van der Waals surface area contributed by atoms with E-state index in [1.807, 2.05) is 0 Å². The fraction of sp³-hybridized carbons (Fsp3) is 0.200. The molecule has 0 saturated heterocycles. The summed E-state index contributed by atoms with van der Waals surface area (Å²) in [6.45, 7) is 1.54. The van der Waals surface area contributed by atoms with Crippen molar-refractivity contribution in [1.29, 1.82) is 0 Å². The van der Waals surface area contributed by atoms with Gasteiger partial charge in [-0.3, -0.25) is 10.1 Å². The molecule has 0 spiro atoms. The minimum Gasteiger partial charge on any atom is -0.387 e. The maximum absolute atomic E-state index is 12.3. The Morgan fingerprint density at radius 3 is 2.17 bits per heavy atom. The van der Waals surface area contributed by atoms with Crippen molar-refractivity contribution in [3.8, 4) is 0 Å². The second-order valence-electron chi connectivity index (χ2n) is 5.02. The van der Waals surface area contributed by atoms with E-state index in [0.29, 0.717) is 5.56 Å². The van der Waals surface area contributed by atoms with Crippen LogP contribution in [-0.2, 0) is 10.0 Å². The highest BCUT2D eigenvalue weighted by Crippen LogP contribution is 2.20. The van der Waals surface area contributed by atoms with Crippen molar-refractivity contribution in [1.82, 2.24) is 4.72 Å². The second-order valence-corrected chi connectivity index (χ2v) is 6.73. The Bertz CT molecular complexity index is 775. The molecule has 0 bridgehead atoms. The summed E-state index contributed by atoms with van der Waals surface area (Å²) in [5.41, 5.74) is 0.396. The quantitative estimate of drug-likeness (QED) is 0.619. The summed E-state index contributed by atoms with van der Waals surface area (Å²) in [5.74, 6) is 0. The summed E-state index contributed by atoms with van der Waals surface area (Å²) in [7, 11) is -3.89. The molecule has 2 aromatic carbocycles. The van der Waals surface area contributed by atoms with Gasteiger partial charge in [0, 0.05) is 18.2 Å². The summed E-state index contributed by atoms with van der Waals surface area (Å²) in [4.78, 5) is 9.89. The lowest BCUT2D eigenvalue weighted by atomic mass is 10.0. The molecule has 7 nitrogen and oxygen atoms in total. The van der Waals surface area contributed by atoms with Crippen LogP contribution in [0.2, 0.25) is 0 Å². The average Bonchev–Trinajstić information content (AvgIpc) is 2.54. The van der Waals surface area contributed by atoms with Gasteiger partial charge in [-0.1, -0.05) is 30.3 Å². The lowest BCUT2D eigenvalue weighted by Crippen LogP contribution is -2.37. The van der Waals surface area contributed by atoms with Crippen molar-refractivity contribution in [2.75, 3.05) is 0 Å². The van der Waals surface area contributed by atoms with Gasteiger partial charge in [0.2, 0.25) is 10.0 Å². The highest BCUT2D eigenvalue weighted by molar-refractivity contribution is 7.89. The number of hydrogen-bond acceptors (Lipinski definition) is 5. The van der Waals surface area contributed by atoms with Crippen LogP contribution in [-0.4, -0.2) is 24.5 Å². The molecule has 0 unspecified atom stereocenters. The summed E-state index contributed by atoms with van der Waals surface area (Å²) in [6, 6.07) is 12.5. The van der Waals surface area contributed by atoms with Gasteiger partial charge in [-0.15, -0.1) is 0 Å². The summed E-state index contributed by atoms with van der Waals surface area (Å²) >= 11 is 0. The number of aliphatic hydroxyl groups excluding tert-OH is 1. The maximum atomic E-state index is 12.3. The van der Waals surface area contributed by atoms with Crippen molar-refractivity contribution in [3.05, 3.63) is 70.3 Å². The highest BCUT2D eigenvalue weighted by atomic mass is 32.2. The van der Waals surface area contributed by atoms with E-state index < -0.39 is 27.1 Å². The smallest absolute Gasteiger partial charge is 0.269 e. The third-order valence-corrected chi connectivity index (χ3v) is 4.89. The van der Waals surface area contributed by atoms with E-state index in [9.17, 15) is 23.6 Å². The fourth-order valence-electron chi connectivity index (χ4n) is 2.06. The molecule has 0 saturated carbocycles. The minimum absolute atomic E-state index is 0.102. The van der Waals surface area contributed by atoms with Crippen molar-refractivity contribution in [3.63, 3.8) is 0 Å². The van der Waals surface area contributed by atoms with Gasteiger partial charge in [0.25, 0.3) is 5.69 Å². The van der Waals surface area contributed by atoms with Crippen LogP contribution in [0.5, 0.6) is 0 Å². The van der Waals surface area contributed by atoms with Crippen molar-refractivity contribution in [2.45, 2.75) is 24.0 Å². The Balaban J connectivity index is 2.15. The van der Waals surface area contributed by atoms with Gasteiger partial charge in [-0.25, -0.2) is 13.1 Å². The number of rotatable bonds is 6. The monoisotopic (exact) mass is 336 g/mol. The molecule has 0 heterocycles. The first-order valence-electron chi connectivity index (χ1n) is 6.81. The molecule has 2 atom stereocenters. The Labute approximate surface area is 133 Å². The van der Waals surface area contributed by atoms with Gasteiger partial charge in [-0.05, 0) is 24.6 Å². The zero-order valence-corrected chi connectivity index (χ0v) is 13.1. The lowest BCUT2D eigenvalue weighted by molar-refractivity contribution is -0.384. The molecule has 8 heteroatoms. The predicted octanol–water partition coefficient (Wildman–Crippen LogP) is 2.00. The predicted molar refractivity (Wildman–Crippen MR) is 84.3 cm³/mol. The largest absolute Gasteiger partial charge is 0.387 e. The molecule has 122 valence electrons. The number of non-ortho nitro benzene ring substituents is 1. The van der Waals surface area contributed by atoms with Gasteiger partial charge in [0.05, 0.1) is 15.9 Å². The van der Waals surface area contributed by atoms with Crippen LogP contribution in [0.3, 0.4) is 0 Å². The Hall–Kier alpha value is -2.29. The first-order chi connectivity index (χ1) is 10.8. The summed E-state index contributed by atoms with van der Waals surface area (Å²) in [6.07, 6.45) is -1.01. The van der Waals surface area contributed by atoms with E-state index in [1.165, 1.54) is 0 Å². The molecule has 0 aromatic heterocycles. The van der Waals surface area contributed by atoms with Crippen molar-refractivity contribution in [2.24, 2.45) is 0 Å². The van der Waals surface area contributed by atoms with Gasteiger partial charge >= 0.3 is 0 Å². The molecule has 0 amide bonds. The van der Waals surface area contributed by atoms with Gasteiger partial charge < -0.3 is 5.11 Å². The molecule has 0 aliphatic carbocycles. The maximum Gasteiger partial charge on any atom is 0.269 e. The summed E-state index contributed by atoms with van der Waals surface area (Å²) < 4.78 is 26.9. The average molecular weight is 336 g/mol. The van der Waals surface area contributed by atoms with Crippen molar-refractivity contribution < 1.29 is 18.4 Å². The van der Waals surface area contributed by atoms with E-state index in [1.54, 1.807) is 37.3 Å². The number of sulfonamides is 1. The Kier molecular flexibility index (Phi) is 5.09. The van der Waals surface area contributed by atoms with Crippen LogP contribution in [0.4, 0.5) is 5.69 Å². The Morgan fingerprint density at radius 1 is 1.09 bits per heavy atom. The third kappa shape index (κ3) is 4.13. The minimum atomic E-state index is -3.89. The molecule has 23 heavy (non-hydrogen) atoms. The fourth-order valence-corrected chi connectivity index (χ4v) is 3.31. The van der Waals surface area contributed by atoms with Crippen LogP contribution < -0.4 is 4.72 Å². The highest BCUT2D eigenvalue weighted by Gasteiger charge is 2.23. The lowest BCUT2D eigenvalue weighted by Gasteiger charge is -2.20.